The highest BCUT2D eigenvalue weighted by Crippen LogP contribution is 2.37. The molecular weight excluding hydrogens is 270 g/mol. The molecule has 106 valence electrons. The van der Waals surface area contributed by atoms with Gasteiger partial charge in [-0.2, -0.15) is 5.10 Å². The second-order valence-corrected chi connectivity index (χ2v) is 5.01. The summed E-state index contributed by atoms with van der Waals surface area (Å²) in [6.07, 6.45) is 5.39. The van der Waals surface area contributed by atoms with E-state index in [0.29, 0.717) is 18.8 Å². The Hall–Kier alpha value is -2.76. The third-order valence-corrected chi connectivity index (χ3v) is 3.66. The lowest BCUT2D eigenvalue weighted by Crippen LogP contribution is -2.24. The van der Waals surface area contributed by atoms with Crippen LogP contribution < -0.4 is 5.32 Å². The molecule has 3 aromatic rings. The van der Waals surface area contributed by atoms with Crippen LogP contribution in [0.15, 0.2) is 51.8 Å². The highest BCUT2D eigenvalue weighted by Gasteiger charge is 2.31. The van der Waals surface area contributed by atoms with Gasteiger partial charge in [0.05, 0.1) is 24.6 Å². The smallest absolute Gasteiger partial charge is 0.226 e. The van der Waals surface area contributed by atoms with E-state index in [1.54, 1.807) is 23.4 Å². The molecule has 0 spiro atoms. The number of nitrogens with one attached hydrogen (secondary N) is 1. The Balaban J connectivity index is 1.73. The van der Waals surface area contributed by atoms with Crippen molar-refractivity contribution in [3.05, 3.63) is 60.1 Å². The zero-order valence-corrected chi connectivity index (χ0v) is 11.2. The average molecular weight is 283 g/mol. The van der Waals surface area contributed by atoms with Crippen LogP contribution in [0, 0.1) is 0 Å². The third kappa shape index (κ3) is 2.05. The Morgan fingerprint density at radius 2 is 2.14 bits per heavy atom. The van der Waals surface area contributed by atoms with E-state index in [1.807, 2.05) is 24.3 Å². The lowest BCUT2D eigenvalue weighted by molar-refractivity contribution is -0.116. The maximum Gasteiger partial charge on any atom is 0.226 e. The van der Waals surface area contributed by atoms with Gasteiger partial charge in [-0.25, -0.2) is 4.68 Å². The van der Waals surface area contributed by atoms with Crippen LogP contribution in [-0.2, 0) is 11.3 Å². The molecule has 0 fully saturated rings. The second-order valence-electron chi connectivity index (χ2n) is 5.01. The number of anilines is 1. The summed E-state index contributed by atoms with van der Waals surface area (Å²) in [5, 5.41) is 7.26. The van der Waals surface area contributed by atoms with Crippen LogP contribution in [0.25, 0.3) is 0 Å². The standard InChI is InChI=1S/C15H13N3O3/c19-14-7-11(13-4-2-6-21-13)12-8-16-18(15(12)17-14)9-10-3-1-5-20-10/h1-6,8,11H,7,9H2,(H,17,19). The van der Waals surface area contributed by atoms with Crippen molar-refractivity contribution in [2.45, 2.75) is 18.9 Å². The largest absolute Gasteiger partial charge is 0.469 e. The molecule has 0 aliphatic carbocycles. The first-order valence-electron chi connectivity index (χ1n) is 6.72. The van der Waals surface area contributed by atoms with Crippen molar-refractivity contribution < 1.29 is 13.6 Å². The highest BCUT2D eigenvalue weighted by molar-refractivity contribution is 5.94. The molecule has 0 aromatic carbocycles. The first kappa shape index (κ1) is 12.0. The Morgan fingerprint density at radius 1 is 1.29 bits per heavy atom. The molecule has 1 N–H and O–H groups in total. The molecule has 3 aromatic heterocycles. The maximum absolute atomic E-state index is 12.0. The molecule has 4 heterocycles. The van der Waals surface area contributed by atoms with Gasteiger partial charge in [-0.1, -0.05) is 0 Å². The van der Waals surface area contributed by atoms with Crippen LogP contribution in [0.2, 0.25) is 0 Å². The first-order chi connectivity index (χ1) is 10.3. The van der Waals surface area contributed by atoms with Crippen LogP contribution in [0.1, 0.15) is 29.4 Å². The third-order valence-electron chi connectivity index (χ3n) is 3.66. The summed E-state index contributed by atoms with van der Waals surface area (Å²) >= 11 is 0. The van der Waals surface area contributed by atoms with Crippen molar-refractivity contribution in [3.63, 3.8) is 0 Å². The van der Waals surface area contributed by atoms with Gasteiger partial charge in [0.1, 0.15) is 23.9 Å². The van der Waals surface area contributed by atoms with E-state index in [-0.39, 0.29) is 11.8 Å². The number of aromatic nitrogens is 2. The van der Waals surface area contributed by atoms with Crippen LogP contribution in [-0.4, -0.2) is 15.7 Å². The van der Waals surface area contributed by atoms with E-state index in [4.69, 9.17) is 8.83 Å². The number of carbonyl (C=O) groups is 1. The predicted octanol–water partition coefficient (Wildman–Crippen LogP) is 2.59. The summed E-state index contributed by atoms with van der Waals surface area (Å²) in [5.74, 6) is 2.15. The molecule has 1 atom stereocenters. The highest BCUT2D eigenvalue weighted by atomic mass is 16.3. The minimum Gasteiger partial charge on any atom is -0.469 e. The number of furan rings is 2. The molecule has 0 saturated heterocycles. The predicted molar refractivity (Wildman–Crippen MR) is 73.8 cm³/mol. The van der Waals surface area contributed by atoms with Crippen molar-refractivity contribution in [1.29, 1.82) is 0 Å². The lowest BCUT2D eigenvalue weighted by atomic mass is 9.92. The molecule has 4 rings (SSSR count). The van der Waals surface area contributed by atoms with Crippen molar-refractivity contribution >= 4 is 11.7 Å². The zero-order chi connectivity index (χ0) is 14.2. The normalized spacial score (nSPS) is 17.5. The van der Waals surface area contributed by atoms with Gasteiger partial charge in [0.2, 0.25) is 5.91 Å². The zero-order valence-electron chi connectivity index (χ0n) is 11.2. The SMILES string of the molecule is O=C1CC(c2ccco2)c2cnn(Cc3ccco3)c2N1. The van der Waals surface area contributed by atoms with Gasteiger partial charge in [0.25, 0.3) is 0 Å². The molecule has 21 heavy (non-hydrogen) atoms. The van der Waals surface area contributed by atoms with Crippen LogP contribution in [0.3, 0.4) is 0 Å². The monoisotopic (exact) mass is 283 g/mol. The van der Waals surface area contributed by atoms with Crippen LogP contribution >= 0.6 is 0 Å². The Morgan fingerprint density at radius 3 is 2.90 bits per heavy atom. The Bertz CT molecular complexity index is 756. The van der Waals surface area contributed by atoms with Gasteiger partial charge < -0.3 is 14.2 Å². The molecule has 1 amide bonds. The van der Waals surface area contributed by atoms with Crippen LogP contribution in [0.5, 0.6) is 0 Å². The minimum absolute atomic E-state index is 0.0369. The lowest BCUT2D eigenvalue weighted by Gasteiger charge is -2.21. The van der Waals surface area contributed by atoms with E-state index in [1.165, 1.54) is 0 Å². The molecule has 6 heteroatoms. The minimum atomic E-state index is -0.0888. The van der Waals surface area contributed by atoms with Gasteiger partial charge >= 0.3 is 0 Å². The number of rotatable bonds is 3. The number of hydrogen-bond acceptors (Lipinski definition) is 4. The van der Waals surface area contributed by atoms with Crippen molar-refractivity contribution in [2.24, 2.45) is 0 Å². The van der Waals surface area contributed by atoms with E-state index in [0.717, 1.165) is 17.1 Å². The van der Waals surface area contributed by atoms with Crippen LogP contribution in [0.4, 0.5) is 5.82 Å². The summed E-state index contributed by atoms with van der Waals surface area (Å²) < 4.78 is 12.5. The molecule has 1 unspecified atom stereocenters. The van der Waals surface area contributed by atoms with Crippen molar-refractivity contribution in [2.75, 3.05) is 5.32 Å². The summed E-state index contributed by atoms with van der Waals surface area (Å²) in [7, 11) is 0. The second kappa shape index (κ2) is 4.66. The number of nitrogens with zero attached hydrogens (tertiary/aromatic N) is 2. The molecule has 0 saturated carbocycles. The Kier molecular flexibility index (Phi) is 2.67. The number of hydrogen-bond donors (Lipinski definition) is 1. The average Bonchev–Trinajstić information content (AvgIpc) is 3.20. The van der Waals surface area contributed by atoms with Gasteiger partial charge in [0.15, 0.2) is 0 Å². The molecule has 1 aliphatic rings. The van der Waals surface area contributed by atoms with Gasteiger partial charge in [-0.15, -0.1) is 0 Å². The van der Waals surface area contributed by atoms with Crippen molar-refractivity contribution in [3.8, 4) is 0 Å². The van der Waals surface area contributed by atoms with Crippen molar-refractivity contribution in [1.82, 2.24) is 9.78 Å². The van der Waals surface area contributed by atoms with E-state index < -0.39 is 0 Å². The molecule has 0 radical (unpaired) electrons. The first-order valence-corrected chi connectivity index (χ1v) is 6.72. The van der Waals surface area contributed by atoms with Gasteiger partial charge in [-0.05, 0) is 24.3 Å². The Labute approximate surface area is 120 Å². The van der Waals surface area contributed by atoms with E-state index in [2.05, 4.69) is 10.4 Å². The fourth-order valence-corrected chi connectivity index (χ4v) is 2.68. The topological polar surface area (TPSA) is 73.2 Å². The number of fused-ring (bicyclic) bond motifs is 1. The molecule has 1 aliphatic heterocycles. The van der Waals surface area contributed by atoms with Gasteiger partial charge in [0, 0.05) is 12.0 Å². The summed E-state index contributed by atoms with van der Waals surface area (Å²) in [6, 6.07) is 7.42. The van der Waals surface area contributed by atoms with E-state index in [9.17, 15) is 4.79 Å². The fourth-order valence-electron chi connectivity index (χ4n) is 2.68. The molecular formula is C15H13N3O3. The quantitative estimate of drug-likeness (QED) is 0.801. The number of carbonyl (C=O) groups excluding carboxylic acids is 1. The summed E-state index contributed by atoms with van der Waals surface area (Å²) in [5.41, 5.74) is 0.969. The molecule has 6 nitrogen and oxygen atoms in total. The maximum atomic E-state index is 12.0. The molecule has 0 bridgehead atoms. The summed E-state index contributed by atoms with van der Waals surface area (Å²) in [6.45, 7) is 0.480. The van der Waals surface area contributed by atoms with Gasteiger partial charge in [-0.3, -0.25) is 4.79 Å². The summed E-state index contributed by atoms with van der Waals surface area (Å²) in [4.78, 5) is 12.0. The fraction of sp³-hybridized carbons (Fsp3) is 0.200. The van der Waals surface area contributed by atoms with E-state index >= 15 is 0 Å². The number of amides is 1.